The highest BCUT2D eigenvalue weighted by atomic mass is 35.5. The SMILES string of the molecule is O=C1C(Cl)=C(c2cccs2)C(=O)N1Cc1ccccc1F. The second-order valence-electron chi connectivity index (χ2n) is 4.45. The molecule has 2 aromatic rings. The van der Waals surface area contributed by atoms with Crippen LogP contribution in [0.15, 0.2) is 46.8 Å². The molecule has 0 bridgehead atoms. The fourth-order valence-electron chi connectivity index (χ4n) is 2.12. The van der Waals surface area contributed by atoms with E-state index in [0.717, 1.165) is 4.90 Å². The molecule has 3 nitrogen and oxygen atoms in total. The van der Waals surface area contributed by atoms with Crippen molar-refractivity contribution in [3.63, 3.8) is 0 Å². The third-order valence-corrected chi connectivity index (χ3v) is 4.40. The summed E-state index contributed by atoms with van der Waals surface area (Å²) in [5.74, 6) is -1.54. The maximum atomic E-state index is 13.7. The standard InChI is InChI=1S/C15H9ClFNO2S/c16-13-12(11-6-3-7-21-11)14(19)18(15(13)20)8-9-4-1-2-5-10(9)17/h1-7H,8H2. The highest BCUT2D eigenvalue weighted by Crippen LogP contribution is 2.34. The van der Waals surface area contributed by atoms with Crippen LogP contribution in [-0.4, -0.2) is 16.7 Å². The second kappa shape index (κ2) is 5.42. The highest BCUT2D eigenvalue weighted by Gasteiger charge is 2.38. The quantitative estimate of drug-likeness (QED) is 0.812. The summed E-state index contributed by atoms with van der Waals surface area (Å²) in [4.78, 5) is 26.1. The average molecular weight is 322 g/mol. The van der Waals surface area contributed by atoms with Gasteiger partial charge in [0, 0.05) is 10.4 Å². The number of rotatable bonds is 3. The molecule has 0 N–H and O–H groups in total. The van der Waals surface area contributed by atoms with Gasteiger partial charge in [-0.05, 0) is 17.5 Å². The maximum absolute atomic E-state index is 13.7. The van der Waals surface area contributed by atoms with Gasteiger partial charge in [0.1, 0.15) is 10.8 Å². The lowest BCUT2D eigenvalue weighted by molar-refractivity contribution is -0.137. The first-order valence-corrected chi connectivity index (χ1v) is 7.38. The van der Waals surface area contributed by atoms with Crippen LogP contribution >= 0.6 is 22.9 Å². The molecule has 1 aromatic heterocycles. The van der Waals surface area contributed by atoms with E-state index in [1.165, 1.54) is 23.5 Å². The van der Waals surface area contributed by atoms with E-state index in [0.29, 0.717) is 4.88 Å². The van der Waals surface area contributed by atoms with Crippen molar-refractivity contribution in [1.29, 1.82) is 0 Å². The van der Waals surface area contributed by atoms with Gasteiger partial charge in [-0.15, -0.1) is 11.3 Å². The Hall–Kier alpha value is -1.98. The summed E-state index contributed by atoms with van der Waals surface area (Å²) >= 11 is 7.32. The molecule has 1 aromatic carbocycles. The molecule has 0 atom stereocenters. The number of amides is 2. The summed E-state index contributed by atoms with van der Waals surface area (Å²) in [6.45, 7) is -0.130. The van der Waals surface area contributed by atoms with Gasteiger partial charge in [-0.1, -0.05) is 35.9 Å². The normalized spacial score (nSPS) is 15.2. The number of nitrogens with zero attached hydrogens (tertiary/aromatic N) is 1. The summed E-state index contributed by atoms with van der Waals surface area (Å²) in [5, 5.41) is 1.68. The zero-order chi connectivity index (χ0) is 15.0. The summed E-state index contributed by atoms with van der Waals surface area (Å²) in [7, 11) is 0. The van der Waals surface area contributed by atoms with Crippen LogP contribution in [0.1, 0.15) is 10.4 Å². The maximum Gasteiger partial charge on any atom is 0.273 e. The van der Waals surface area contributed by atoms with Gasteiger partial charge in [0.25, 0.3) is 11.8 Å². The molecule has 0 fully saturated rings. The Morgan fingerprint density at radius 2 is 1.86 bits per heavy atom. The summed E-state index contributed by atoms with van der Waals surface area (Å²) in [6.07, 6.45) is 0. The molecule has 106 valence electrons. The minimum atomic E-state index is -0.590. The second-order valence-corrected chi connectivity index (χ2v) is 5.78. The van der Waals surface area contributed by atoms with Crippen molar-refractivity contribution in [2.75, 3.05) is 0 Å². The predicted molar refractivity (Wildman–Crippen MR) is 79.0 cm³/mol. The molecule has 1 aliphatic rings. The molecule has 3 rings (SSSR count). The van der Waals surface area contributed by atoms with Crippen LogP contribution in [0.4, 0.5) is 4.39 Å². The van der Waals surface area contributed by atoms with Crippen molar-refractivity contribution < 1.29 is 14.0 Å². The van der Waals surface area contributed by atoms with Crippen molar-refractivity contribution in [2.24, 2.45) is 0 Å². The van der Waals surface area contributed by atoms with E-state index < -0.39 is 17.6 Å². The number of carbonyl (C=O) groups excluding carboxylic acids is 2. The zero-order valence-electron chi connectivity index (χ0n) is 10.7. The van der Waals surface area contributed by atoms with Crippen molar-refractivity contribution in [3.8, 4) is 0 Å². The number of hydrogen-bond acceptors (Lipinski definition) is 3. The average Bonchev–Trinajstić information content (AvgIpc) is 3.05. The predicted octanol–water partition coefficient (Wildman–Crippen LogP) is 3.41. The van der Waals surface area contributed by atoms with E-state index in [1.807, 2.05) is 0 Å². The Labute approximate surface area is 129 Å². The number of imide groups is 1. The number of thiophene rings is 1. The minimum absolute atomic E-state index is 0.112. The Balaban J connectivity index is 1.93. The van der Waals surface area contributed by atoms with Crippen molar-refractivity contribution in [2.45, 2.75) is 6.54 Å². The van der Waals surface area contributed by atoms with E-state index in [1.54, 1.807) is 29.6 Å². The van der Waals surface area contributed by atoms with Crippen molar-refractivity contribution in [3.05, 3.63) is 63.1 Å². The zero-order valence-corrected chi connectivity index (χ0v) is 12.2. The van der Waals surface area contributed by atoms with Crippen LogP contribution < -0.4 is 0 Å². The van der Waals surface area contributed by atoms with E-state index in [4.69, 9.17) is 11.6 Å². The first-order chi connectivity index (χ1) is 10.1. The molecule has 2 heterocycles. The Morgan fingerprint density at radius 3 is 2.52 bits per heavy atom. The monoisotopic (exact) mass is 321 g/mol. The Morgan fingerprint density at radius 1 is 1.10 bits per heavy atom. The van der Waals surface area contributed by atoms with E-state index in [2.05, 4.69) is 0 Å². The molecular formula is C15H9ClFNO2S. The third kappa shape index (κ3) is 2.39. The van der Waals surface area contributed by atoms with E-state index >= 15 is 0 Å². The van der Waals surface area contributed by atoms with Gasteiger partial charge in [-0.3, -0.25) is 14.5 Å². The van der Waals surface area contributed by atoms with Crippen LogP contribution in [0, 0.1) is 5.82 Å². The molecule has 6 heteroatoms. The van der Waals surface area contributed by atoms with Gasteiger partial charge >= 0.3 is 0 Å². The third-order valence-electron chi connectivity index (χ3n) is 3.17. The van der Waals surface area contributed by atoms with E-state index in [9.17, 15) is 14.0 Å². The lowest BCUT2D eigenvalue weighted by Gasteiger charge is -2.15. The lowest BCUT2D eigenvalue weighted by Crippen LogP contribution is -2.31. The van der Waals surface area contributed by atoms with Crippen LogP contribution in [0.3, 0.4) is 0 Å². The van der Waals surface area contributed by atoms with Gasteiger partial charge in [0.05, 0.1) is 12.1 Å². The van der Waals surface area contributed by atoms with Crippen molar-refractivity contribution in [1.82, 2.24) is 4.90 Å². The van der Waals surface area contributed by atoms with Gasteiger partial charge in [-0.2, -0.15) is 0 Å². The summed E-state index contributed by atoms with van der Waals surface area (Å²) < 4.78 is 13.7. The molecule has 0 saturated carbocycles. The Kier molecular flexibility index (Phi) is 3.61. The molecule has 0 saturated heterocycles. The van der Waals surface area contributed by atoms with Crippen LogP contribution in [-0.2, 0) is 16.1 Å². The fraction of sp³-hybridized carbons (Fsp3) is 0.0667. The number of hydrogen-bond donors (Lipinski definition) is 0. The Bertz CT molecular complexity index is 755. The molecule has 1 aliphatic heterocycles. The minimum Gasteiger partial charge on any atom is -0.269 e. The lowest BCUT2D eigenvalue weighted by atomic mass is 10.2. The first kappa shape index (κ1) is 14.0. The van der Waals surface area contributed by atoms with Gasteiger partial charge in [0.2, 0.25) is 0 Å². The number of carbonyl (C=O) groups is 2. The molecule has 0 spiro atoms. The highest BCUT2D eigenvalue weighted by molar-refractivity contribution is 7.11. The molecular weight excluding hydrogens is 313 g/mol. The van der Waals surface area contributed by atoms with Crippen LogP contribution in [0.25, 0.3) is 5.57 Å². The largest absolute Gasteiger partial charge is 0.273 e. The van der Waals surface area contributed by atoms with Gasteiger partial charge in [0.15, 0.2) is 0 Å². The van der Waals surface area contributed by atoms with Gasteiger partial charge in [-0.25, -0.2) is 4.39 Å². The van der Waals surface area contributed by atoms with E-state index in [-0.39, 0.29) is 22.7 Å². The topological polar surface area (TPSA) is 37.4 Å². The fourth-order valence-corrected chi connectivity index (χ4v) is 3.23. The smallest absolute Gasteiger partial charge is 0.269 e. The molecule has 0 radical (unpaired) electrons. The summed E-state index contributed by atoms with van der Waals surface area (Å²) in [6, 6.07) is 9.52. The number of benzene rings is 1. The molecule has 2 amide bonds. The summed E-state index contributed by atoms with van der Waals surface area (Å²) in [5.41, 5.74) is 0.462. The molecule has 0 unspecified atom stereocenters. The molecule has 0 aliphatic carbocycles. The van der Waals surface area contributed by atoms with Crippen LogP contribution in [0.2, 0.25) is 0 Å². The van der Waals surface area contributed by atoms with Crippen molar-refractivity contribution >= 4 is 40.3 Å². The van der Waals surface area contributed by atoms with Crippen LogP contribution in [0.5, 0.6) is 0 Å². The molecule has 21 heavy (non-hydrogen) atoms. The van der Waals surface area contributed by atoms with Gasteiger partial charge < -0.3 is 0 Å². The number of halogens is 2. The first-order valence-electron chi connectivity index (χ1n) is 6.13.